The van der Waals surface area contributed by atoms with Crippen LogP contribution in [0.1, 0.15) is 38.4 Å². The minimum atomic E-state index is -0.805. The van der Waals surface area contributed by atoms with Crippen molar-refractivity contribution < 1.29 is 9.47 Å². The average Bonchev–Trinajstić information content (AvgIpc) is 2.33. The molecule has 0 saturated carbocycles. The van der Waals surface area contributed by atoms with Gasteiger partial charge in [-0.1, -0.05) is 32.4 Å². The van der Waals surface area contributed by atoms with Gasteiger partial charge in [0.15, 0.2) is 5.79 Å². The summed E-state index contributed by atoms with van der Waals surface area (Å²) in [5.74, 6) is -0.249. The zero-order chi connectivity index (χ0) is 13.8. The third-order valence-electron chi connectivity index (χ3n) is 3.06. The Morgan fingerprint density at radius 2 is 1.89 bits per heavy atom. The van der Waals surface area contributed by atoms with Crippen LogP contribution in [0.3, 0.4) is 0 Å². The van der Waals surface area contributed by atoms with Crippen LogP contribution in [0, 0.1) is 5.92 Å². The van der Waals surface area contributed by atoms with Gasteiger partial charge in [-0.05, 0) is 24.5 Å². The van der Waals surface area contributed by atoms with E-state index in [-0.39, 0.29) is 0 Å². The third-order valence-corrected chi connectivity index (χ3v) is 3.35. The summed E-state index contributed by atoms with van der Waals surface area (Å²) in [5.41, 5.74) is 1.78. The number of methoxy groups -OCH3 is 2. The van der Waals surface area contributed by atoms with Gasteiger partial charge in [0.05, 0.1) is 0 Å². The van der Waals surface area contributed by atoms with Gasteiger partial charge < -0.3 is 9.47 Å². The molecule has 0 aliphatic rings. The van der Waals surface area contributed by atoms with Crippen LogP contribution in [-0.2, 0) is 21.7 Å². The van der Waals surface area contributed by atoms with Gasteiger partial charge in [-0.25, -0.2) is 4.98 Å². The summed E-state index contributed by atoms with van der Waals surface area (Å²) in [4.78, 5) is 4.43. The van der Waals surface area contributed by atoms with E-state index >= 15 is 0 Å². The highest BCUT2D eigenvalue weighted by atomic mass is 35.5. The summed E-state index contributed by atoms with van der Waals surface area (Å²) in [7, 11) is 3.23. The summed E-state index contributed by atoms with van der Waals surface area (Å²) in [6, 6.07) is 3.94. The predicted molar refractivity (Wildman–Crippen MR) is 73.8 cm³/mol. The van der Waals surface area contributed by atoms with Crippen LogP contribution in [0.2, 0.25) is 5.15 Å². The minimum absolute atomic E-state index is 0.457. The quantitative estimate of drug-likeness (QED) is 0.583. The fourth-order valence-electron chi connectivity index (χ4n) is 2.07. The number of aromatic nitrogens is 1. The zero-order valence-electron chi connectivity index (χ0n) is 11.8. The Hall–Kier alpha value is -0.640. The lowest BCUT2D eigenvalue weighted by Gasteiger charge is -2.30. The molecule has 0 unspecified atom stereocenters. The summed E-state index contributed by atoms with van der Waals surface area (Å²) in [6.07, 6.45) is 1.59. The highest BCUT2D eigenvalue weighted by Gasteiger charge is 2.32. The van der Waals surface area contributed by atoms with Crippen LogP contribution in [0.15, 0.2) is 12.1 Å². The van der Waals surface area contributed by atoms with Crippen LogP contribution < -0.4 is 0 Å². The maximum Gasteiger partial charge on any atom is 0.196 e. The number of halogens is 1. The molecule has 3 nitrogen and oxygen atoms in total. The second-order valence-corrected chi connectivity index (χ2v) is 5.11. The Bertz CT molecular complexity index is 381. The Morgan fingerprint density at radius 1 is 1.28 bits per heavy atom. The van der Waals surface area contributed by atoms with Crippen molar-refractivity contribution in [2.75, 3.05) is 14.2 Å². The lowest BCUT2D eigenvalue weighted by molar-refractivity contribution is -0.217. The molecule has 1 heterocycles. The molecule has 0 saturated heterocycles. The molecule has 0 fully saturated rings. The van der Waals surface area contributed by atoms with Crippen LogP contribution in [0.25, 0.3) is 0 Å². The number of rotatable bonds is 6. The number of hydrogen-bond acceptors (Lipinski definition) is 3. The molecule has 1 rings (SSSR count). The van der Waals surface area contributed by atoms with Gasteiger partial charge in [0.25, 0.3) is 0 Å². The van der Waals surface area contributed by atoms with E-state index in [0.29, 0.717) is 17.5 Å². The normalized spacial score (nSPS) is 12.2. The maximum absolute atomic E-state index is 6.26. The number of pyridine rings is 1. The molecule has 0 aliphatic carbocycles. The highest BCUT2D eigenvalue weighted by Crippen LogP contribution is 2.34. The SMILES string of the molecule is CCC(OC)(OC)c1ccc(CC(C)C)nc1Cl. The summed E-state index contributed by atoms with van der Waals surface area (Å²) in [5, 5.41) is 0.457. The van der Waals surface area contributed by atoms with E-state index in [1.54, 1.807) is 14.2 Å². The van der Waals surface area contributed by atoms with Crippen molar-refractivity contribution in [2.45, 2.75) is 39.4 Å². The standard InChI is InChI=1S/C14H22ClNO2/c1-6-14(17-4,18-5)12-8-7-11(9-10(2)3)16-13(12)15/h7-8,10H,6,9H2,1-5H3. The van der Waals surface area contributed by atoms with E-state index in [0.717, 1.165) is 17.7 Å². The van der Waals surface area contributed by atoms with E-state index in [1.165, 1.54) is 0 Å². The molecule has 0 N–H and O–H groups in total. The van der Waals surface area contributed by atoms with E-state index < -0.39 is 5.79 Å². The van der Waals surface area contributed by atoms with Gasteiger partial charge in [0, 0.05) is 31.9 Å². The number of nitrogens with zero attached hydrogens (tertiary/aromatic N) is 1. The molecule has 0 spiro atoms. The Labute approximate surface area is 114 Å². The Morgan fingerprint density at radius 3 is 2.28 bits per heavy atom. The largest absolute Gasteiger partial charge is 0.349 e. The van der Waals surface area contributed by atoms with Gasteiger partial charge in [-0.3, -0.25) is 0 Å². The highest BCUT2D eigenvalue weighted by molar-refractivity contribution is 6.30. The first kappa shape index (κ1) is 15.4. The molecule has 102 valence electrons. The molecule has 4 heteroatoms. The predicted octanol–water partition coefficient (Wildman–Crippen LogP) is 3.79. The van der Waals surface area contributed by atoms with Crippen molar-refractivity contribution in [3.05, 3.63) is 28.5 Å². The van der Waals surface area contributed by atoms with Crippen molar-refractivity contribution >= 4 is 11.6 Å². The van der Waals surface area contributed by atoms with Crippen LogP contribution in [-0.4, -0.2) is 19.2 Å². The molecule has 18 heavy (non-hydrogen) atoms. The molecule has 0 amide bonds. The molecule has 0 aromatic carbocycles. The number of hydrogen-bond donors (Lipinski definition) is 0. The molecule has 0 bridgehead atoms. The van der Waals surface area contributed by atoms with E-state index in [4.69, 9.17) is 21.1 Å². The molecule has 1 aromatic rings. The van der Waals surface area contributed by atoms with E-state index in [2.05, 4.69) is 18.8 Å². The second kappa shape index (κ2) is 6.50. The van der Waals surface area contributed by atoms with Crippen molar-refractivity contribution in [2.24, 2.45) is 5.92 Å². The lowest BCUT2D eigenvalue weighted by atomic mass is 10.0. The third kappa shape index (κ3) is 3.22. The van der Waals surface area contributed by atoms with Crippen molar-refractivity contribution in [3.8, 4) is 0 Å². The van der Waals surface area contributed by atoms with Gasteiger partial charge in [-0.2, -0.15) is 0 Å². The molecule has 1 aromatic heterocycles. The lowest BCUT2D eigenvalue weighted by Crippen LogP contribution is -2.30. The maximum atomic E-state index is 6.26. The summed E-state index contributed by atoms with van der Waals surface area (Å²) >= 11 is 6.26. The molecular formula is C14H22ClNO2. The monoisotopic (exact) mass is 271 g/mol. The molecule has 0 atom stereocenters. The molecule has 0 radical (unpaired) electrons. The Balaban J connectivity index is 3.11. The van der Waals surface area contributed by atoms with Crippen molar-refractivity contribution in [1.29, 1.82) is 0 Å². The molecular weight excluding hydrogens is 250 g/mol. The van der Waals surface area contributed by atoms with Gasteiger partial charge in [0.2, 0.25) is 0 Å². The smallest absolute Gasteiger partial charge is 0.196 e. The first-order valence-corrected chi connectivity index (χ1v) is 6.63. The topological polar surface area (TPSA) is 31.4 Å². The second-order valence-electron chi connectivity index (χ2n) is 4.75. The van der Waals surface area contributed by atoms with Crippen LogP contribution in [0.5, 0.6) is 0 Å². The van der Waals surface area contributed by atoms with Crippen LogP contribution in [0.4, 0.5) is 0 Å². The summed E-state index contributed by atoms with van der Waals surface area (Å²) < 4.78 is 11.0. The first-order valence-electron chi connectivity index (χ1n) is 6.25. The summed E-state index contributed by atoms with van der Waals surface area (Å²) in [6.45, 7) is 6.31. The van der Waals surface area contributed by atoms with Crippen molar-refractivity contribution in [1.82, 2.24) is 4.98 Å². The van der Waals surface area contributed by atoms with Crippen LogP contribution >= 0.6 is 11.6 Å². The Kier molecular flexibility index (Phi) is 5.57. The van der Waals surface area contributed by atoms with E-state index in [9.17, 15) is 0 Å². The minimum Gasteiger partial charge on any atom is -0.349 e. The van der Waals surface area contributed by atoms with E-state index in [1.807, 2.05) is 19.1 Å². The fourth-order valence-corrected chi connectivity index (χ4v) is 2.39. The fraction of sp³-hybridized carbons (Fsp3) is 0.643. The molecule has 0 aliphatic heterocycles. The van der Waals surface area contributed by atoms with Gasteiger partial charge in [-0.15, -0.1) is 0 Å². The zero-order valence-corrected chi connectivity index (χ0v) is 12.5. The number of ether oxygens (including phenoxy) is 2. The van der Waals surface area contributed by atoms with Gasteiger partial charge in [0.1, 0.15) is 5.15 Å². The van der Waals surface area contributed by atoms with Gasteiger partial charge >= 0.3 is 0 Å². The first-order chi connectivity index (χ1) is 8.49. The van der Waals surface area contributed by atoms with Crippen molar-refractivity contribution in [3.63, 3.8) is 0 Å². The average molecular weight is 272 g/mol.